The second-order valence-electron chi connectivity index (χ2n) is 4.66. The Morgan fingerprint density at radius 2 is 1.95 bits per heavy atom. The van der Waals surface area contributed by atoms with Gasteiger partial charge in [0.2, 0.25) is 0 Å². The number of rotatable bonds is 6. The summed E-state index contributed by atoms with van der Waals surface area (Å²) in [5, 5.41) is 1.19. The molecule has 100 valence electrons. The number of hydrogen-bond donors (Lipinski definition) is 0. The summed E-state index contributed by atoms with van der Waals surface area (Å²) in [6.45, 7) is 4.45. The molecule has 0 aliphatic carbocycles. The zero-order valence-corrected chi connectivity index (χ0v) is 12.5. The van der Waals surface area contributed by atoms with Gasteiger partial charge in [0.1, 0.15) is 5.01 Å². The number of allylic oxidation sites excluding steroid dienone is 2. The molecule has 2 heteroatoms. The van der Waals surface area contributed by atoms with E-state index in [1.165, 1.54) is 33.9 Å². The molecule has 1 aromatic heterocycles. The molecular weight excluding hydrogens is 250 g/mol. The van der Waals surface area contributed by atoms with Gasteiger partial charge in [-0.1, -0.05) is 63.1 Å². The summed E-state index contributed by atoms with van der Waals surface area (Å²) in [6, 6.07) is 10.5. The van der Waals surface area contributed by atoms with Gasteiger partial charge in [-0.25, -0.2) is 4.98 Å². The summed E-state index contributed by atoms with van der Waals surface area (Å²) in [6.07, 6.45) is 9.01. The Morgan fingerprint density at radius 1 is 1.16 bits per heavy atom. The molecule has 0 unspecified atom stereocenters. The van der Waals surface area contributed by atoms with Crippen molar-refractivity contribution in [2.24, 2.45) is 0 Å². The van der Waals surface area contributed by atoms with Crippen LogP contribution >= 0.6 is 11.3 Å². The van der Waals surface area contributed by atoms with Crippen molar-refractivity contribution >= 4 is 16.9 Å². The topological polar surface area (TPSA) is 12.9 Å². The largest absolute Gasteiger partial charge is 0.244 e. The van der Waals surface area contributed by atoms with Crippen LogP contribution in [0.1, 0.15) is 44.5 Å². The molecule has 0 saturated heterocycles. The Balaban J connectivity index is 2.24. The van der Waals surface area contributed by atoms with Gasteiger partial charge < -0.3 is 0 Å². The molecule has 0 radical (unpaired) electrons. The predicted molar refractivity (Wildman–Crippen MR) is 85.3 cm³/mol. The quantitative estimate of drug-likeness (QED) is 0.647. The molecule has 2 rings (SSSR count). The summed E-state index contributed by atoms with van der Waals surface area (Å²) in [5.41, 5.74) is 2.68. The van der Waals surface area contributed by atoms with Crippen LogP contribution in [-0.4, -0.2) is 4.98 Å². The molecule has 0 atom stereocenters. The third-order valence-electron chi connectivity index (χ3n) is 3.04. The monoisotopic (exact) mass is 271 g/mol. The van der Waals surface area contributed by atoms with E-state index in [-0.39, 0.29) is 0 Å². The van der Waals surface area contributed by atoms with Crippen molar-refractivity contribution in [2.45, 2.75) is 39.5 Å². The van der Waals surface area contributed by atoms with E-state index >= 15 is 0 Å². The average molecular weight is 271 g/mol. The molecule has 0 amide bonds. The summed E-state index contributed by atoms with van der Waals surface area (Å²) in [7, 11) is 0. The van der Waals surface area contributed by atoms with Gasteiger partial charge >= 0.3 is 0 Å². The fourth-order valence-corrected chi connectivity index (χ4v) is 3.03. The lowest BCUT2D eigenvalue weighted by Gasteiger charge is -2.01. The lowest BCUT2D eigenvalue weighted by Crippen LogP contribution is -1.82. The maximum absolute atomic E-state index is 4.61. The zero-order valence-electron chi connectivity index (χ0n) is 11.7. The van der Waals surface area contributed by atoms with E-state index in [0.29, 0.717) is 0 Å². The van der Waals surface area contributed by atoms with Crippen molar-refractivity contribution in [1.82, 2.24) is 4.98 Å². The van der Waals surface area contributed by atoms with Crippen molar-refractivity contribution in [2.75, 3.05) is 0 Å². The normalized spacial score (nSPS) is 11.8. The highest BCUT2D eigenvalue weighted by Crippen LogP contribution is 2.31. The molecule has 0 aliphatic rings. The highest BCUT2D eigenvalue weighted by molar-refractivity contribution is 7.16. The van der Waals surface area contributed by atoms with Crippen LogP contribution in [0.25, 0.3) is 16.0 Å². The standard InChI is InChI=1S/C17H21NS/c1-3-5-10-15(9-4-2)17-18-13-16(19-17)14-11-7-6-8-12-14/h6-8,10-13H,3-5,9H2,1-2H3/b15-10+. The van der Waals surface area contributed by atoms with E-state index < -0.39 is 0 Å². The van der Waals surface area contributed by atoms with E-state index in [1.54, 1.807) is 11.3 Å². The van der Waals surface area contributed by atoms with Crippen LogP contribution in [0.2, 0.25) is 0 Å². The Labute approximate surface area is 120 Å². The minimum absolute atomic E-state index is 1.13. The highest BCUT2D eigenvalue weighted by Gasteiger charge is 2.08. The van der Waals surface area contributed by atoms with E-state index in [0.717, 1.165) is 12.8 Å². The number of aromatic nitrogens is 1. The van der Waals surface area contributed by atoms with Crippen LogP contribution in [0, 0.1) is 0 Å². The third kappa shape index (κ3) is 3.77. The second kappa shape index (κ2) is 7.25. The zero-order chi connectivity index (χ0) is 13.5. The summed E-state index contributed by atoms with van der Waals surface area (Å²) in [4.78, 5) is 5.87. The van der Waals surface area contributed by atoms with Gasteiger partial charge in [0.15, 0.2) is 0 Å². The minimum Gasteiger partial charge on any atom is -0.244 e. The molecule has 2 aromatic rings. The maximum Gasteiger partial charge on any atom is 0.119 e. The van der Waals surface area contributed by atoms with Crippen molar-refractivity contribution in [1.29, 1.82) is 0 Å². The molecule has 0 N–H and O–H groups in total. The van der Waals surface area contributed by atoms with Gasteiger partial charge in [0, 0.05) is 6.20 Å². The van der Waals surface area contributed by atoms with E-state index in [9.17, 15) is 0 Å². The van der Waals surface area contributed by atoms with Crippen LogP contribution < -0.4 is 0 Å². The number of hydrogen-bond acceptors (Lipinski definition) is 2. The van der Waals surface area contributed by atoms with Crippen molar-refractivity contribution in [3.63, 3.8) is 0 Å². The molecule has 0 saturated carbocycles. The number of nitrogens with zero attached hydrogens (tertiary/aromatic N) is 1. The van der Waals surface area contributed by atoms with Crippen molar-refractivity contribution in [3.8, 4) is 10.4 Å². The Morgan fingerprint density at radius 3 is 2.63 bits per heavy atom. The molecule has 1 nitrogen and oxygen atoms in total. The van der Waals surface area contributed by atoms with Crippen molar-refractivity contribution < 1.29 is 0 Å². The van der Waals surface area contributed by atoms with Crippen LogP contribution in [0.5, 0.6) is 0 Å². The van der Waals surface area contributed by atoms with E-state index in [2.05, 4.69) is 55.2 Å². The lowest BCUT2D eigenvalue weighted by atomic mass is 10.1. The van der Waals surface area contributed by atoms with Gasteiger partial charge in [0.25, 0.3) is 0 Å². The molecule has 1 heterocycles. The average Bonchev–Trinajstić information content (AvgIpc) is 2.94. The van der Waals surface area contributed by atoms with E-state index in [4.69, 9.17) is 0 Å². The molecular formula is C17H21NS. The van der Waals surface area contributed by atoms with Gasteiger partial charge in [-0.3, -0.25) is 0 Å². The third-order valence-corrected chi connectivity index (χ3v) is 4.16. The molecule has 0 fully saturated rings. The first-order valence-electron chi connectivity index (χ1n) is 7.05. The SMILES string of the molecule is CCC/C=C(\CCC)c1ncc(-c2ccccc2)s1. The molecule has 0 bridgehead atoms. The first-order chi connectivity index (χ1) is 9.35. The summed E-state index contributed by atoms with van der Waals surface area (Å²) < 4.78 is 0. The van der Waals surface area contributed by atoms with Crippen LogP contribution in [-0.2, 0) is 0 Å². The van der Waals surface area contributed by atoms with Crippen molar-refractivity contribution in [3.05, 3.63) is 47.6 Å². The lowest BCUT2D eigenvalue weighted by molar-refractivity contribution is 0.931. The first-order valence-corrected chi connectivity index (χ1v) is 7.87. The van der Waals surface area contributed by atoms with Crippen LogP contribution in [0.15, 0.2) is 42.6 Å². The number of thiazole rings is 1. The molecule has 1 aromatic carbocycles. The van der Waals surface area contributed by atoms with Crippen LogP contribution in [0.4, 0.5) is 0 Å². The molecule has 0 aliphatic heterocycles. The number of benzene rings is 1. The Kier molecular flexibility index (Phi) is 5.34. The van der Waals surface area contributed by atoms with E-state index in [1.807, 2.05) is 6.20 Å². The second-order valence-corrected chi connectivity index (χ2v) is 5.69. The Bertz CT molecular complexity index is 525. The fourth-order valence-electron chi connectivity index (χ4n) is 2.04. The van der Waals surface area contributed by atoms with Gasteiger partial charge in [0.05, 0.1) is 4.88 Å². The van der Waals surface area contributed by atoms with Gasteiger partial charge in [-0.2, -0.15) is 0 Å². The smallest absolute Gasteiger partial charge is 0.119 e. The van der Waals surface area contributed by atoms with Gasteiger partial charge in [-0.15, -0.1) is 11.3 Å². The highest BCUT2D eigenvalue weighted by atomic mass is 32.1. The minimum atomic E-state index is 1.13. The van der Waals surface area contributed by atoms with Gasteiger partial charge in [-0.05, 0) is 24.0 Å². The fraction of sp³-hybridized carbons (Fsp3) is 0.353. The maximum atomic E-state index is 4.61. The summed E-state index contributed by atoms with van der Waals surface area (Å²) >= 11 is 1.81. The summed E-state index contributed by atoms with van der Waals surface area (Å²) in [5.74, 6) is 0. The molecule has 0 spiro atoms. The molecule has 19 heavy (non-hydrogen) atoms. The first kappa shape index (κ1) is 14.0. The predicted octanol–water partition coefficient (Wildman–Crippen LogP) is 5.79. The Hall–Kier alpha value is -1.41. The number of unbranched alkanes of at least 4 members (excludes halogenated alkanes) is 1. The van der Waals surface area contributed by atoms with Crippen LogP contribution in [0.3, 0.4) is 0 Å².